The van der Waals surface area contributed by atoms with Crippen LogP contribution in [0.15, 0.2) is 42.2 Å². The maximum absolute atomic E-state index is 10.00. The second-order valence-electron chi connectivity index (χ2n) is 3.89. The number of benzene rings is 2. The van der Waals surface area contributed by atoms with E-state index in [1.54, 1.807) is 12.1 Å². The van der Waals surface area contributed by atoms with Crippen LogP contribution in [0.2, 0.25) is 0 Å². The highest BCUT2D eigenvalue weighted by Gasteiger charge is 2.14. The van der Waals surface area contributed by atoms with Gasteiger partial charge in [-0.1, -0.05) is 15.9 Å². The molecule has 0 radical (unpaired) electrons. The van der Waals surface area contributed by atoms with Crippen molar-refractivity contribution < 1.29 is 9.84 Å². The van der Waals surface area contributed by atoms with Crippen molar-refractivity contribution in [2.45, 2.75) is 6.92 Å². The largest absolute Gasteiger partial charge is 0.503 e. The summed E-state index contributed by atoms with van der Waals surface area (Å²) < 4.78 is 8.79. The van der Waals surface area contributed by atoms with Crippen molar-refractivity contribution in [3.63, 3.8) is 0 Å². The van der Waals surface area contributed by atoms with Gasteiger partial charge in [0.1, 0.15) is 0 Å². The lowest BCUT2D eigenvalue weighted by Crippen LogP contribution is -1.89. The molecule has 0 aromatic heterocycles. The summed E-state index contributed by atoms with van der Waals surface area (Å²) in [6.45, 7) is 1.99. The van der Waals surface area contributed by atoms with Gasteiger partial charge in [0.25, 0.3) is 0 Å². The highest BCUT2D eigenvalue weighted by atomic mass is 79.9. The predicted octanol–water partition coefficient (Wildman–Crippen LogP) is 6.54. The Balaban J connectivity index is 2.48. The number of hydrogen-bond acceptors (Lipinski definition) is 2. The van der Waals surface area contributed by atoms with Crippen molar-refractivity contribution in [1.82, 2.24) is 0 Å². The van der Waals surface area contributed by atoms with Crippen LogP contribution in [0.3, 0.4) is 0 Å². The topological polar surface area (TPSA) is 29.5 Å². The highest BCUT2D eigenvalue weighted by molar-refractivity contribution is 9.11. The SMILES string of the molecule is Cc1cc(Br)c(Oc2cc(Br)cc(Br)c2O)c(Br)c1. The van der Waals surface area contributed by atoms with Crippen molar-refractivity contribution in [3.05, 3.63) is 47.7 Å². The molecule has 19 heavy (non-hydrogen) atoms. The van der Waals surface area contributed by atoms with Gasteiger partial charge in [0.15, 0.2) is 17.2 Å². The molecular formula is C13H8Br4O2. The van der Waals surface area contributed by atoms with Gasteiger partial charge in [0, 0.05) is 4.47 Å². The Morgan fingerprint density at radius 1 is 0.895 bits per heavy atom. The van der Waals surface area contributed by atoms with Gasteiger partial charge in [0.05, 0.1) is 13.4 Å². The van der Waals surface area contributed by atoms with Crippen molar-refractivity contribution >= 4 is 63.7 Å². The zero-order chi connectivity index (χ0) is 14.2. The van der Waals surface area contributed by atoms with Crippen LogP contribution in [0.5, 0.6) is 17.2 Å². The Morgan fingerprint density at radius 3 is 2.05 bits per heavy atom. The van der Waals surface area contributed by atoms with E-state index < -0.39 is 0 Å². The normalized spacial score (nSPS) is 10.6. The average molecular weight is 516 g/mol. The molecule has 0 heterocycles. The Hall–Kier alpha value is -0.0400. The average Bonchev–Trinajstić information content (AvgIpc) is 2.29. The van der Waals surface area contributed by atoms with Crippen LogP contribution in [0.25, 0.3) is 0 Å². The maximum Gasteiger partial charge on any atom is 0.172 e. The minimum absolute atomic E-state index is 0.0579. The Kier molecular flexibility index (Phi) is 4.98. The molecular weight excluding hydrogens is 508 g/mol. The number of halogens is 4. The molecule has 2 nitrogen and oxygen atoms in total. The number of ether oxygens (including phenoxy) is 1. The molecule has 2 aromatic rings. The summed E-state index contributed by atoms with van der Waals surface area (Å²) >= 11 is 13.6. The molecule has 0 aliphatic heterocycles. The van der Waals surface area contributed by atoms with Gasteiger partial charge in [0.2, 0.25) is 0 Å². The molecule has 2 aromatic carbocycles. The first-order chi connectivity index (χ1) is 8.88. The lowest BCUT2D eigenvalue weighted by molar-refractivity contribution is 0.406. The van der Waals surface area contributed by atoms with Gasteiger partial charge >= 0.3 is 0 Å². The molecule has 0 atom stereocenters. The zero-order valence-corrected chi connectivity index (χ0v) is 16.0. The molecule has 0 unspecified atom stereocenters. The quantitative estimate of drug-likeness (QED) is 0.492. The summed E-state index contributed by atoms with van der Waals surface area (Å²) in [6.07, 6.45) is 0. The smallest absolute Gasteiger partial charge is 0.172 e. The number of phenolic OH excluding ortho intramolecular Hbond substituents is 1. The molecule has 0 spiro atoms. The van der Waals surface area contributed by atoms with Crippen LogP contribution in [0, 0.1) is 6.92 Å². The first-order valence-electron chi connectivity index (χ1n) is 5.20. The fourth-order valence-corrected chi connectivity index (χ4v) is 4.28. The van der Waals surface area contributed by atoms with E-state index in [1.807, 2.05) is 19.1 Å². The highest BCUT2D eigenvalue weighted by Crippen LogP contribution is 2.43. The molecule has 0 aliphatic rings. The first-order valence-corrected chi connectivity index (χ1v) is 8.37. The second-order valence-corrected chi connectivity index (χ2v) is 7.37. The maximum atomic E-state index is 10.00. The van der Waals surface area contributed by atoms with E-state index in [2.05, 4.69) is 63.7 Å². The lowest BCUT2D eigenvalue weighted by Gasteiger charge is -2.13. The molecule has 6 heteroatoms. The molecule has 100 valence electrons. The van der Waals surface area contributed by atoms with E-state index in [1.165, 1.54) is 0 Å². The van der Waals surface area contributed by atoms with E-state index in [0.29, 0.717) is 16.0 Å². The lowest BCUT2D eigenvalue weighted by atomic mass is 10.2. The third-order valence-corrected chi connectivity index (χ3v) is 4.59. The molecule has 2 rings (SSSR count). The summed E-state index contributed by atoms with van der Waals surface area (Å²) in [6, 6.07) is 7.36. The predicted molar refractivity (Wildman–Crippen MR) is 90.2 cm³/mol. The van der Waals surface area contributed by atoms with Crippen molar-refractivity contribution in [3.8, 4) is 17.2 Å². The van der Waals surface area contributed by atoms with E-state index >= 15 is 0 Å². The van der Waals surface area contributed by atoms with Crippen molar-refractivity contribution in [2.24, 2.45) is 0 Å². The van der Waals surface area contributed by atoms with E-state index in [-0.39, 0.29) is 5.75 Å². The number of aryl methyl sites for hydroxylation is 1. The van der Waals surface area contributed by atoms with Crippen LogP contribution in [0.1, 0.15) is 5.56 Å². The van der Waals surface area contributed by atoms with Crippen molar-refractivity contribution in [2.75, 3.05) is 0 Å². The molecule has 0 saturated carbocycles. The summed E-state index contributed by atoms with van der Waals surface area (Å²) in [5.74, 6) is 1.04. The number of rotatable bonds is 2. The Morgan fingerprint density at radius 2 is 1.47 bits per heavy atom. The third-order valence-electron chi connectivity index (χ3n) is 2.35. The Labute approximate surface area is 144 Å². The molecule has 0 amide bonds. The monoisotopic (exact) mass is 512 g/mol. The minimum atomic E-state index is 0.0579. The zero-order valence-electron chi connectivity index (χ0n) is 9.68. The fourth-order valence-electron chi connectivity index (χ4n) is 1.51. The van der Waals surface area contributed by atoms with Crippen LogP contribution in [-0.2, 0) is 0 Å². The third kappa shape index (κ3) is 3.54. The summed E-state index contributed by atoms with van der Waals surface area (Å²) in [4.78, 5) is 0. The molecule has 0 saturated heterocycles. The van der Waals surface area contributed by atoms with Crippen LogP contribution in [-0.4, -0.2) is 5.11 Å². The van der Waals surface area contributed by atoms with Gasteiger partial charge in [-0.2, -0.15) is 0 Å². The van der Waals surface area contributed by atoms with Gasteiger partial charge in [-0.25, -0.2) is 0 Å². The van der Waals surface area contributed by atoms with E-state index in [9.17, 15) is 5.11 Å². The van der Waals surface area contributed by atoms with Gasteiger partial charge in [-0.05, 0) is 84.5 Å². The number of hydrogen-bond donors (Lipinski definition) is 1. The summed E-state index contributed by atoms with van der Waals surface area (Å²) in [7, 11) is 0. The summed E-state index contributed by atoms with van der Waals surface area (Å²) in [5.41, 5.74) is 1.10. The van der Waals surface area contributed by atoms with E-state index in [4.69, 9.17) is 4.74 Å². The minimum Gasteiger partial charge on any atom is -0.503 e. The van der Waals surface area contributed by atoms with Gasteiger partial charge in [-0.15, -0.1) is 0 Å². The fraction of sp³-hybridized carbons (Fsp3) is 0.0769. The van der Waals surface area contributed by atoms with Crippen LogP contribution < -0.4 is 4.74 Å². The van der Waals surface area contributed by atoms with Crippen LogP contribution in [0.4, 0.5) is 0 Å². The summed E-state index contributed by atoms with van der Waals surface area (Å²) in [5, 5.41) is 10.00. The molecule has 0 aliphatic carbocycles. The van der Waals surface area contributed by atoms with E-state index in [0.717, 1.165) is 19.0 Å². The second kappa shape index (κ2) is 6.16. The van der Waals surface area contributed by atoms with Crippen LogP contribution >= 0.6 is 63.7 Å². The number of aromatic hydroxyl groups is 1. The van der Waals surface area contributed by atoms with Crippen molar-refractivity contribution in [1.29, 1.82) is 0 Å². The van der Waals surface area contributed by atoms with Gasteiger partial charge in [-0.3, -0.25) is 0 Å². The molecule has 0 fully saturated rings. The first kappa shape index (κ1) is 15.4. The number of phenols is 1. The van der Waals surface area contributed by atoms with Gasteiger partial charge < -0.3 is 9.84 Å². The molecule has 0 bridgehead atoms. The molecule has 1 N–H and O–H groups in total. The Bertz CT molecular complexity index is 618. The standard InChI is InChI=1S/C13H8Br4O2/c1-6-2-9(16)13(10(17)3-6)19-11-5-7(14)4-8(15)12(11)18/h2-5,18H,1H3.